The Labute approximate surface area is 177 Å². The number of carbonyl (C=O) groups is 1. The Morgan fingerprint density at radius 2 is 1.83 bits per heavy atom. The summed E-state index contributed by atoms with van der Waals surface area (Å²) in [6.07, 6.45) is 6.07. The van der Waals surface area contributed by atoms with Gasteiger partial charge in [-0.05, 0) is 51.0 Å². The molecular weight excluding hydrogens is 378 g/mol. The summed E-state index contributed by atoms with van der Waals surface area (Å²) in [5, 5.41) is 0.878. The highest BCUT2D eigenvalue weighted by Crippen LogP contribution is 2.29. The molecule has 29 heavy (non-hydrogen) atoms. The van der Waals surface area contributed by atoms with Crippen LogP contribution < -0.4 is 0 Å². The summed E-state index contributed by atoms with van der Waals surface area (Å²) in [7, 11) is 0. The Morgan fingerprint density at radius 1 is 1.10 bits per heavy atom. The van der Waals surface area contributed by atoms with Gasteiger partial charge in [0.15, 0.2) is 5.16 Å². The summed E-state index contributed by atoms with van der Waals surface area (Å²) in [5.41, 5.74) is 4.35. The van der Waals surface area contributed by atoms with Crippen LogP contribution in [-0.2, 0) is 4.79 Å². The van der Waals surface area contributed by atoms with Crippen molar-refractivity contribution in [2.45, 2.75) is 57.1 Å². The van der Waals surface area contributed by atoms with Crippen LogP contribution in [0.1, 0.15) is 44.6 Å². The molecule has 5 heteroatoms. The summed E-state index contributed by atoms with van der Waals surface area (Å²) in [5.74, 6) is 0.659. The van der Waals surface area contributed by atoms with Crippen LogP contribution in [0.3, 0.4) is 0 Å². The lowest BCUT2D eigenvalue weighted by Gasteiger charge is -2.33. The minimum atomic E-state index is 0.229. The summed E-state index contributed by atoms with van der Waals surface area (Å²) in [4.78, 5) is 19.9. The molecule has 1 aromatic heterocycles. The van der Waals surface area contributed by atoms with Crippen molar-refractivity contribution in [2.24, 2.45) is 0 Å². The third-order valence-electron chi connectivity index (χ3n) is 5.82. The van der Waals surface area contributed by atoms with E-state index in [-0.39, 0.29) is 5.91 Å². The topological polar surface area (TPSA) is 38.1 Å². The summed E-state index contributed by atoms with van der Waals surface area (Å²) < 4.78 is 2.17. The molecule has 0 atom stereocenters. The van der Waals surface area contributed by atoms with Crippen LogP contribution >= 0.6 is 11.8 Å². The number of amides is 1. The van der Waals surface area contributed by atoms with Gasteiger partial charge in [0.25, 0.3) is 0 Å². The molecule has 1 aliphatic rings. The Kier molecular flexibility index (Phi) is 6.24. The summed E-state index contributed by atoms with van der Waals surface area (Å²) in [6, 6.07) is 17.1. The molecule has 1 saturated carbocycles. The van der Waals surface area contributed by atoms with Gasteiger partial charge in [-0.1, -0.05) is 60.9 Å². The number of fused-ring (bicyclic) bond motifs is 1. The standard InChI is InChI=1S/C24H29N3OS/c1-3-26(19-9-5-4-6-10-19)23(28)17-29-24-25-21-11-7-8-12-22(21)27(24)20-15-13-18(2)14-16-20/h7-8,11-16,19H,3-6,9-10,17H2,1-2H3. The van der Waals surface area contributed by atoms with E-state index in [1.807, 2.05) is 18.2 Å². The molecule has 0 spiro atoms. The molecule has 152 valence electrons. The van der Waals surface area contributed by atoms with Crippen molar-refractivity contribution in [3.63, 3.8) is 0 Å². The summed E-state index contributed by atoms with van der Waals surface area (Å²) >= 11 is 1.55. The van der Waals surface area contributed by atoms with E-state index >= 15 is 0 Å². The highest BCUT2D eigenvalue weighted by molar-refractivity contribution is 7.99. The number of nitrogens with zero attached hydrogens (tertiary/aromatic N) is 3. The fourth-order valence-corrected chi connectivity index (χ4v) is 5.20. The fraction of sp³-hybridized carbons (Fsp3) is 0.417. The Balaban J connectivity index is 1.58. The van der Waals surface area contributed by atoms with Crippen LogP contribution in [-0.4, -0.2) is 38.7 Å². The van der Waals surface area contributed by atoms with Gasteiger partial charge in [0.2, 0.25) is 5.91 Å². The van der Waals surface area contributed by atoms with Crippen LogP contribution in [0.4, 0.5) is 0 Å². The lowest BCUT2D eigenvalue weighted by Crippen LogP contribution is -2.42. The minimum absolute atomic E-state index is 0.229. The molecule has 1 fully saturated rings. The first-order chi connectivity index (χ1) is 14.2. The van der Waals surface area contributed by atoms with E-state index in [4.69, 9.17) is 4.98 Å². The maximum absolute atomic E-state index is 13.0. The number of rotatable bonds is 6. The molecular formula is C24H29N3OS. The van der Waals surface area contributed by atoms with Crippen molar-refractivity contribution in [2.75, 3.05) is 12.3 Å². The molecule has 2 aromatic carbocycles. The average Bonchev–Trinajstić information content (AvgIpc) is 3.12. The smallest absolute Gasteiger partial charge is 0.233 e. The van der Waals surface area contributed by atoms with E-state index in [0.29, 0.717) is 11.8 Å². The molecule has 0 N–H and O–H groups in total. The van der Waals surface area contributed by atoms with Crippen molar-refractivity contribution in [1.82, 2.24) is 14.5 Å². The van der Waals surface area contributed by atoms with Gasteiger partial charge in [0.05, 0.1) is 16.8 Å². The average molecular weight is 408 g/mol. The van der Waals surface area contributed by atoms with Crippen molar-refractivity contribution in [1.29, 1.82) is 0 Å². The second-order valence-electron chi connectivity index (χ2n) is 7.81. The molecule has 4 rings (SSSR count). The zero-order chi connectivity index (χ0) is 20.2. The number of aryl methyl sites for hydroxylation is 1. The molecule has 0 saturated heterocycles. The zero-order valence-electron chi connectivity index (χ0n) is 17.3. The molecule has 1 amide bonds. The monoisotopic (exact) mass is 407 g/mol. The first kappa shape index (κ1) is 20.0. The number of hydrogen-bond donors (Lipinski definition) is 0. The normalized spacial score (nSPS) is 15.0. The van der Waals surface area contributed by atoms with E-state index in [0.717, 1.165) is 41.3 Å². The van der Waals surface area contributed by atoms with E-state index in [2.05, 4.69) is 53.6 Å². The van der Waals surface area contributed by atoms with Gasteiger partial charge in [-0.3, -0.25) is 9.36 Å². The fourth-order valence-electron chi connectivity index (χ4n) is 4.28. The van der Waals surface area contributed by atoms with Gasteiger partial charge >= 0.3 is 0 Å². The first-order valence-electron chi connectivity index (χ1n) is 10.6. The maximum Gasteiger partial charge on any atom is 0.233 e. The van der Waals surface area contributed by atoms with Crippen LogP contribution in [0.5, 0.6) is 0 Å². The Bertz CT molecular complexity index is 973. The summed E-state index contributed by atoms with van der Waals surface area (Å²) in [6.45, 7) is 4.98. The molecule has 0 radical (unpaired) electrons. The van der Waals surface area contributed by atoms with Gasteiger partial charge < -0.3 is 4.90 Å². The van der Waals surface area contributed by atoms with Gasteiger partial charge in [0, 0.05) is 18.3 Å². The van der Waals surface area contributed by atoms with Crippen LogP contribution in [0.2, 0.25) is 0 Å². The number of thioether (sulfide) groups is 1. The molecule has 0 bridgehead atoms. The molecule has 4 nitrogen and oxygen atoms in total. The lowest BCUT2D eigenvalue weighted by molar-refractivity contribution is -0.131. The van der Waals surface area contributed by atoms with Crippen molar-refractivity contribution in [3.05, 3.63) is 54.1 Å². The van der Waals surface area contributed by atoms with E-state index < -0.39 is 0 Å². The van der Waals surface area contributed by atoms with Crippen LogP contribution in [0.15, 0.2) is 53.7 Å². The Hall–Kier alpha value is -2.27. The van der Waals surface area contributed by atoms with Gasteiger partial charge in [-0.2, -0.15) is 0 Å². The van der Waals surface area contributed by atoms with Gasteiger partial charge in [-0.25, -0.2) is 4.98 Å². The first-order valence-corrected chi connectivity index (χ1v) is 11.6. The molecule has 1 heterocycles. The van der Waals surface area contributed by atoms with Gasteiger partial charge in [0.1, 0.15) is 0 Å². The van der Waals surface area contributed by atoms with E-state index in [1.54, 1.807) is 11.8 Å². The number of hydrogen-bond acceptors (Lipinski definition) is 3. The Morgan fingerprint density at radius 3 is 2.55 bits per heavy atom. The van der Waals surface area contributed by atoms with Crippen LogP contribution in [0.25, 0.3) is 16.7 Å². The quantitative estimate of drug-likeness (QED) is 0.499. The van der Waals surface area contributed by atoms with Crippen molar-refractivity contribution < 1.29 is 4.79 Å². The number of benzene rings is 2. The molecule has 0 aliphatic heterocycles. The third-order valence-corrected chi connectivity index (χ3v) is 6.75. The minimum Gasteiger partial charge on any atom is -0.339 e. The molecule has 1 aliphatic carbocycles. The SMILES string of the molecule is CCN(C(=O)CSc1nc2ccccc2n1-c1ccc(C)cc1)C1CCCCC1. The highest BCUT2D eigenvalue weighted by atomic mass is 32.2. The second kappa shape index (κ2) is 9.04. The second-order valence-corrected chi connectivity index (χ2v) is 8.76. The zero-order valence-corrected chi connectivity index (χ0v) is 18.1. The van der Waals surface area contributed by atoms with Crippen LogP contribution in [0, 0.1) is 6.92 Å². The predicted molar refractivity (Wildman–Crippen MR) is 121 cm³/mol. The molecule has 0 unspecified atom stereocenters. The largest absolute Gasteiger partial charge is 0.339 e. The number of para-hydroxylation sites is 2. The maximum atomic E-state index is 13.0. The lowest BCUT2D eigenvalue weighted by atomic mass is 9.94. The van der Waals surface area contributed by atoms with Gasteiger partial charge in [-0.15, -0.1) is 0 Å². The molecule has 3 aromatic rings. The van der Waals surface area contributed by atoms with E-state index in [9.17, 15) is 4.79 Å². The predicted octanol–water partition coefficient (Wildman–Crippen LogP) is 5.61. The highest BCUT2D eigenvalue weighted by Gasteiger charge is 2.24. The number of aromatic nitrogens is 2. The van der Waals surface area contributed by atoms with E-state index in [1.165, 1.54) is 24.8 Å². The number of imidazole rings is 1. The third kappa shape index (κ3) is 4.35. The van der Waals surface area contributed by atoms with Crippen molar-refractivity contribution in [3.8, 4) is 5.69 Å². The van der Waals surface area contributed by atoms with Crippen molar-refractivity contribution >= 4 is 28.7 Å². The number of carbonyl (C=O) groups excluding carboxylic acids is 1.